The van der Waals surface area contributed by atoms with E-state index in [9.17, 15) is 0 Å². The minimum absolute atomic E-state index is 0.313. The van der Waals surface area contributed by atoms with E-state index in [-0.39, 0.29) is 0 Å². The second-order valence-corrected chi connectivity index (χ2v) is 5.06. The highest BCUT2D eigenvalue weighted by atomic mass is 35.5. The third-order valence-corrected chi connectivity index (χ3v) is 3.72. The van der Waals surface area contributed by atoms with E-state index in [0.29, 0.717) is 11.2 Å². The highest BCUT2D eigenvalue weighted by Crippen LogP contribution is 2.35. The van der Waals surface area contributed by atoms with Crippen LogP contribution in [0.1, 0.15) is 23.6 Å². The van der Waals surface area contributed by atoms with Gasteiger partial charge in [0, 0.05) is 0 Å². The fourth-order valence-electron chi connectivity index (χ4n) is 2.52. The molecular weight excluding hydrogens is 260 g/mol. The predicted octanol–water partition coefficient (Wildman–Crippen LogP) is 3.84. The Morgan fingerprint density at radius 1 is 1.32 bits per heavy atom. The lowest BCUT2D eigenvalue weighted by Crippen LogP contribution is -2.07. The number of rotatable bonds is 3. The number of pyridine rings is 1. The van der Waals surface area contributed by atoms with E-state index in [0.717, 1.165) is 24.3 Å². The lowest BCUT2D eigenvalue weighted by molar-refractivity contribution is 0.414. The first-order valence-electron chi connectivity index (χ1n) is 6.31. The Labute approximate surface area is 117 Å². The molecule has 0 spiro atoms. The topological polar surface area (TPSA) is 34.1 Å². The number of hydrogen-bond acceptors (Lipinski definition) is 3. The molecular formula is C15H15ClN2O. The number of nitrogens with one attached hydrogen (secondary N) is 1. The lowest BCUT2D eigenvalue weighted by atomic mass is 10.1. The monoisotopic (exact) mass is 274 g/mol. The van der Waals surface area contributed by atoms with Gasteiger partial charge in [-0.25, -0.2) is 4.98 Å². The maximum atomic E-state index is 5.79. The van der Waals surface area contributed by atoms with Gasteiger partial charge in [0.1, 0.15) is 10.9 Å². The molecule has 3 rings (SSSR count). The summed E-state index contributed by atoms with van der Waals surface area (Å²) in [6.45, 7) is 0. The number of aromatic nitrogens is 1. The van der Waals surface area contributed by atoms with Gasteiger partial charge in [-0.2, -0.15) is 0 Å². The smallest absolute Gasteiger partial charge is 0.129 e. The van der Waals surface area contributed by atoms with Crippen molar-refractivity contribution in [1.82, 2.24) is 4.98 Å². The van der Waals surface area contributed by atoms with Crippen molar-refractivity contribution in [3.8, 4) is 5.75 Å². The average Bonchev–Trinajstić information content (AvgIpc) is 2.84. The summed E-state index contributed by atoms with van der Waals surface area (Å²) in [4.78, 5) is 4.09. The van der Waals surface area contributed by atoms with E-state index in [4.69, 9.17) is 16.3 Å². The third kappa shape index (κ3) is 2.51. The molecule has 0 amide bonds. The summed E-state index contributed by atoms with van der Waals surface area (Å²) in [5.74, 6) is 0.904. The second-order valence-electron chi connectivity index (χ2n) is 4.67. The summed E-state index contributed by atoms with van der Waals surface area (Å²) in [6, 6.07) is 10.3. The van der Waals surface area contributed by atoms with Crippen LogP contribution in [0.5, 0.6) is 5.75 Å². The van der Waals surface area contributed by atoms with Crippen LogP contribution in [0.2, 0.25) is 5.15 Å². The number of hydrogen-bond donors (Lipinski definition) is 1. The van der Waals surface area contributed by atoms with Crippen molar-refractivity contribution < 1.29 is 4.74 Å². The Hall–Kier alpha value is -1.74. The molecule has 4 heteroatoms. The van der Waals surface area contributed by atoms with Crippen LogP contribution in [-0.4, -0.2) is 12.1 Å². The molecule has 2 aromatic rings. The fourth-order valence-corrected chi connectivity index (χ4v) is 2.63. The molecule has 0 bridgehead atoms. The van der Waals surface area contributed by atoms with Crippen LogP contribution in [-0.2, 0) is 6.42 Å². The Morgan fingerprint density at radius 3 is 2.95 bits per heavy atom. The van der Waals surface area contributed by atoms with E-state index < -0.39 is 0 Å². The largest absolute Gasteiger partial charge is 0.497 e. The van der Waals surface area contributed by atoms with Crippen molar-refractivity contribution in [2.75, 3.05) is 12.4 Å². The molecule has 0 saturated heterocycles. The number of benzene rings is 1. The first kappa shape index (κ1) is 12.3. The zero-order valence-electron chi connectivity index (χ0n) is 10.7. The van der Waals surface area contributed by atoms with Gasteiger partial charge < -0.3 is 10.1 Å². The normalized spacial score (nSPS) is 17.1. The van der Waals surface area contributed by atoms with Gasteiger partial charge in [-0.1, -0.05) is 17.7 Å². The quantitative estimate of drug-likeness (QED) is 0.864. The summed E-state index contributed by atoms with van der Waals surface area (Å²) in [6.07, 6.45) is 3.95. The molecule has 98 valence electrons. The van der Waals surface area contributed by atoms with Crippen molar-refractivity contribution in [2.24, 2.45) is 0 Å². The van der Waals surface area contributed by atoms with E-state index >= 15 is 0 Å². The summed E-state index contributed by atoms with van der Waals surface area (Å²) in [5.41, 5.74) is 3.69. The highest BCUT2D eigenvalue weighted by Gasteiger charge is 2.22. The van der Waals surface area contributed by atoms with Gasteiger partial charge in [-0.3, -0.25) is 0 Å². The number of fused-ring (bicyclic) bond motifs is 1. The molecule has 1 heterocycles. The molecule has 1 N–H and O–H groups in total. The molecule has 0 fully saturated rings. The van der Waals surface area contributed by atoms with E-state index in [1.54, 1.807) is 19.4 Å². The Kier molecular flexibility index (Phi) is 3.30. The summed E-state index contributed by atoms with van der Waals surface area (Å²) >= 11 is 5.79. The average molecular weight is 275 g/mol. The van der Waals surface area contributed by atoms with Crippen molar-refractivity contribution in [3.63, 3.8) is 0 Å². The molecule has 1 aromatic carbocycles. The third-order valence-electron chi connectivity index (χ3n) is 3.50. The van der Waals surface area contributed by atoms with Crippen LogP contribution in [0.3, 0.4) is 0 Å². The van der Waals surface area contributed by atoms with Crippen LogP contribution in [0, 0.1) is 0 Å². The van der Waals surface area contributed by atoms with Gasteiger partial charge in [0.05, 0.1) is 25.0 Å². The molecule has 3 nitrogen and oxygen atoms in total. The van der Waals surface area contributed by atoms with Gasteiger partial charge in [-0.05, 0) is 48.2 Å². The molecule has 1 atom stereocenters. The van der Waals surface area contributed by atoms with Gasteiger partial charge in [0.25, 0.3) is 0 Å². The summed E-state index contributed by atoms with van der Waals surface area (Å²) in [5, 5.41) is 4.01. The van der Waals surface area contributed by atoms with Crippen molar-refractivity contribution in [1.29, 1.82) is 0 Å². The van der Waals surface area contributed by atoms with Crippen molar-refractivity contribution in [3.05, 3.63) is 52.8 Å². The molecule has 1 aromatic heterocycles. The molecule has 1 aliphatic carbocycles. The molecule has 0 saturated carbocycles. The first-order chi connectivity index (χ1) is 9.26. The SMILES string of the molecule is COc1ccc2c(c1)C(Nc1ccc(Cl)nc1)CC2. The standard InChI is InChI=1S/C15H15ClN2O/c1-19-12-5-2-10-3-6-14(13(10)8-12)18-11-4-7-15(16)17-9-11/h2,4-5,7-9,14,18H,3,6H2,1H3. The number of aryl methyl sites for hydroxylation is 1. The van der Waals surface area contributed by atoms with E-state index in [1.165, 1.54) is 11.1 Å². The molecule has 1 aliphatic rings. The van der Waals surface area contributed by atoms with Gasteiger partial charge in [0.15, 0.2) is 0 Å². The Balaban J connectivity index is 1.83. The zero-order chi connectivity index (χ0) is 13.2. The molecule has 0 aliphatic heterocycles. The van der Waals surface area contributed by atoms with Crippen LogP contribution in [0.15, 0.2) is 36.5 Å². The number of anilines is 1. The molecule has 19 heavy (non-hydrogen) atoms. The van der Waals surface area contributed by atoms with Crippen LogP contribution in [0.25, 0.3) is 0 Å². The summed E-state index contributed by atoms with van der Waals surface area (Å²) < 4.78 is 5.30. The van der Waals surface area contributed by atoms with Crippen molar-refractivity contribution >= 4 is 17.3 Å². The predicted molar refractivity (Wildman–Crippen MR) is 76.9 cm³/mol. The maximum absolute atomic E-state index is 5.79. The Morgan fingerprint density at radius 2 is 2.21 bits per heavy atom. The number of halogens is 1. The van der Waals surface area contributed by atoms with Crippen LogP contribution >= 0.6 is 11.6 Å². The zero-order valence-corrected chi connectivity index (χ0v) is 11.4. The van der Waals surface area contributed by atoms with E-state index in [1.807, 2.05) is 12.1 Å². The minimum atomic E-state index is 0.313. The van der Waals surface area contributed by atoms with Gasteiger partial charge >= 0.3 is 0 Å². The first-order valence-corrected chi connectivity index (χ1v) is 6.69. The highest BCUT2D eigenvalue weighted by molar-refractivity contribution is 6.29. The number of ether oxygens (including phenoxy) is 1. The fraction of sp³-hybridized carbons (Fsp3) is 0.267. The Bertz CT molecular complexity index is 583. The molecule has 1 unspecified atom stereocenters. The van der Waals surface area contributed by atoms with Crippen LogP contribution in [0.4, 0.5) is 5.69 Å². The van der Waals surface area contributed by atoms with Gasteiger partial charge in [-0.15, -0.1) is 0 Å². The maximum Gasteiger partial charge on any atom is 0.129 e. The number of nitrogens with zero attached hydrogens (tertiary/aromatic N) is 1. The van der Waals surface area contributed by atoms with Crippen LogP contribution < -0.4 is 10.1 Å². The summed E-state index contributed by atoms with van der Waals surface area (Å²) in [7, 11) is 1.70. The van der Waals surface area contributed by atoms with Gasteiger partial charge in [0.2, 0.25) is 0 Å². The molecule has 0 radical (unpaired) electrons. The van der Waals surface area contributed by atoms with E-state index in [2.05, 4.69) is 22.4 Å². The van der Waals surface area contributed by atoms with Crippen molar-refractivity contribution in [2.45, 2.75) is 18.9 Å². The number of methoxy groups -OCH3 is 1. The minimum Gasteiger partial charge on any atom is -0.497 e. The lowest BCUT2D eigenvalue weighted by Gasteiger charge is -2.16. The second kappa shape index (κ2) is 5.10.